The number of nitrogens with one attached hydrogen (secondary N) is 2. The first kappa shape index (κ1) is 20.7. The van der Waals surface area contributed by atoms with Crippen LogP contribution in [-0.4, -0.2) is 28.6 Å². The van der Waals surface area contributed by atoms with E-state index >= 15 is 0 Å². The van der Waals surface area contributed by atoms with Gasteiger partial charge in [0.25, 0.3) is 0 Å². The van der Waals surface area contributed by atoms with Crippen LogP contribution in [0.5, 0.6) is 5.75 Å². The number of hydrogen-bond donors (Lipinski definition) is 2. The minimum atomic E-state index is -3.59. The SMILES string of the molecule is COc1ccc(S(=O)(=O)NCC2NCCc3ccccc32)c(C)c1C.Cl. The fraction of sp³-hybridized carbons (Fsp3) is 0.368. The smallest absolute Gasteiger partial charge is 0.240 e. The van der Waals surface area contributed by atoms with Crippen molar-refractivity contribution in [2.45, 2.75) is 31.2 Å². The lowest BCUT2D eigenvalue weighted by atomic mass is 9.95. The van der Waals surface area contributed by atoms with Crippen molar-refractivity contribution in [1.29, 1.82) is 0 Å². The molecule has 142 valence electrons. The van der Waals surface area contributed by atoms with Gasteiger partial charge in [0, 0.05) is 12.6 Å². The highest BCUT2D eigenvalue weighted by molar-refractivity contribution is 7.89. The predicted octanol–water partition coefficient (Wildman–Crippen LogP) is 2.90. The van der Waals surface area contributed by atoms with Gasteiger partial charge in [-0.1, -0.05) is 24.3 Å². The Kier molecular flexibility index (Phi) is 6.69. The normalized spacial score (nSPS) is 16.5. The molecule has 1 aliphatic heterocycles. The van der Waals surface area contributed by atoms with Crippen LogP contribution in [-0.2, 0) is 16.4 Å². The molecule has 0 radical (unpaired) electrons. The Bertz CT molecular complexity index is 884. The largest absolute Gasteiger partial charge is 0.496 e. The summed E-state index contributed by atoms with van der Waals surface area (Å²) in [5, 5.41) is 3.40. The average Bonchev–Trinajstić information content (AvgIpc) is 2.62. The van der Waals surface area contributed by atoms with Crippen molar-refractivity contribution in [2.24, 2.45) is 0 Å². The molecule has 0 aromatic heterocycles. The molecule has 5 nitrogen and oxygen atoms in total. The van der Waals surface area contributed by atoms with Crippen LogP contribution < -0.4 is 14.8 Å². The quantitative estimate of drug-likeness (QED) is 0.815. The van der Waals surface area contributed by atoms with Gasteiger partial charge in [0.1, 0.15) is 5.75 Å². The molecule has 26 heavy (non-hydrogen) atoms. The molecule has 0 fully saturated rings. The Balaban J connectivity index is 0.00000243. The molecule has 1 atom stereocenters. The minimum absolute atomic E-state index is 0. The van der Waals surface area contributed by atoms with Crippen LogP contribution in [0.1, 0.15) is 28.3 Å². The Labute approximate surface area is 161 Å². The molecule has 2 aromatic carbocycles. The number of ether oxygens (including phenoxy) is 1. The van der Waals surface area contributed by atoms with Gasteiger partial charge in [0.05, 0.1) is 12.0 Å². The molecule has 0 aliphatic carbocycles. The molecule has 0 saturated carbocycles. The molecule has 1 heterocycles. The summed E-state index contributed by atoms with van der Waals surface area (Å²) >= 11 is 0. The maximum atomic E-state index is 12.8. The zero-order valence-corrected chi connectivity index (χ0v) is 16.8. The lowest BCUT2D eigenvalue weighted by molar-refractivity contribution is 0.410. The van der Waals surface area contributed by atoms with E-state index in [1.165, 1.54) is 11.1 Å². The van der Waals surface area contributed by atoms with Gasteiger partial charge in [-0.3, -0.25) is 0 Å². The third-order valence-corrected chi connectivity index (χ3v) is 6.46. The van der Waals surface area contributed by atoms with Gasteiger partial charge in [-0.05, 0) is 61.2 Å². The van der Waals surface area contributed by atoms with Crippen LogP contribution in [0, 0.1) is 13.8 Å². The predicted molar refractivity (Wildman–Crippen MR) is 106 cm³/mol. The molecule has 1 aliphatic rings. The third kappa shape index (κ3) is 4.04. The summed E-state index contributed by atoms with van der Waals surface area (Å²) < 4.78 is 33.6. The van der Waals surface area contributed by atoms with Crippen LogP contribution in [0.3, 0.4) is 0 Å². The highest BCUT2D eigenvalue weighted by Crippen LogP contribution is 2.27. The Morgan fingerprint density at radius 3 is 2.62 bits per heavy atom. The maximum absolute atomic E-state index is 12.8. The van der Waals surface area contributed by atoms with Gasteiger partial charge in [-0.15, -0.1) is 12.4 Å². The monoisotopic (exact) mass is 396 g/mol. The third-order valence-electron chi connectivity index (χ3n) is 4.89. The van der Waals surface area contributed by atoms with E-state index in [1.807, 2.05) is 19.1 Å². The maximum Gasteiger partial charge on any atom is 0.240 e. The van der Waals surface area contributed by atoms with Gasteiger partial charge in [0.15, 0.2) is 0 Å². The fourth-order valence-electron chi connectivity index (χ4n) is 3.33. The fourth-order valence-corrected chi connectivity index (χ4v) is 4.67. The molecule has 2 N–H and O–H groups in total. The molecular formula is C19H25ClN2O3S. The summed E-state index contributed by atoms with van der Waals surface area (Å²) in [6.07, 6.45) is 0.968. The lowest BCUT2D eigenvalue weighted by Crippen LogP contribution is -2.39. The molecule has 2 aromatic rings. The first-order valence-electron chi connectivity index (χ1n) is 8.39. The topological polar surface area (TPSA) is 67.4 Å². The highest BCUT2D eigenvalue weighted by atomic mass is 35.5. The van der Waals surface area contributed by atoms with Crippen molar-refractivity contribution in [2.75, 3.05) is 20.2 Å². The van der Waals surface area contributed by atoms with Crippen molar-refractivity contribution in [3.05, 3.63) is 58.7 Å². The average molecular weight is 397 g/mol. The second-order valence-electron chi connectivity index (χ2n) is 6.32. The standard InChI is InChI=1S/C19H24N2O3S.ClH/c1-13-14(2)19(9-8-18(13)24-3)25(22,23)21-12-17-16-7-5-4-6-15(16)10-11-20-17;/h4-9,17,20-21H,10-12H2,1-3H3;1H. The van der Waals surface area contributed by atoms with Crippen LogP contribution >= 0.6 is 12.4 Å². The van der Waals surface area contributed by atoms with Gasteiger partial charge >= 0.3 is 0 Å². The van der Waals surface area contributed by atoms with Gasteiger partial charge in [-0.2, -0.15) is 0 Å². The van der Waals surface area contributed by atoms with E-state index in [0.717, 1.165) is 18.5 Å². The van der Waals surface area contributed by atoms with Crippen molar-refractivity contribution < 1.29 is 13.2 Å². The Morgan fingerprint density at radius 2 is 1.88 bits per heavy atom. The number of hydrogen-bond acceptors (Lipinski definition) is 4. The molecule has 0 saturated heterocycles. The van der Waals surface area contributed by atoms with Crippen molar-refractivity contribution >= 4 is 22.4 Å². The molecule has 0 spiro atoms. The van der Waals surface area contributed by atoms with Crippen LogP contribution in [0.4, 0.5) is 0 Å². The minimum Gasteiger partial charge on any atom is -0.496 e. The van der Waals surface area contributed by atoms with E-state index in [9.17, 15) is 8.42 Å². The second-order valence-corrected chi connectivity index (χ2v) is 8.06. The summed E-state index contributed by atoms with van der Waals surface area (Å²) in [5.74, 6) is 0.694. The number of rotatable bonds is 5. The Morgan fingerprint density at radius 1 is 1.15 bits per heavy atom. The number of halogens is 1. The first-order chi connectivity index (χ1) is 11.9. The first-order valence-corrected chi connectivity index (χ1v) is 9.87. The summed E-state index contributed by atoms with van der Waals surface area (Å²) in [5.41, 5.74) is 4.00. The van der Waals surface area contributed by atoms with Crippen molar-refractivity contribution in [3.63, 3.8) is 0 Å². The molecule has 1 unspecified atom stereocenters. The number of fused-ring (bicyclic) bond motifs is 1. The van der Waals surface area contributed by atoms with E-state index in [4.69, 9.17) is 4.74 Å². The van der Waals surface area contributed by atoms with Crippen molar-refractivity contribution in [1.82, 2.24) is 10.0 Å². The molecular weight excluding hydrogens is 372 g/mol. The summed E-state index contributed by atoms with van der Waals surface area (Å²) in [6.45, 7) is 4.85. The van der Waals surface area contributed by atoms with Gasteiger partial charge < -0.3 is 10.1 Å². The summed E-state index contributed by atoms with van der Waals surface area (Å²) in [4.78, 5) is 0.301. The number of benzene rings is 2. The van der Waals surface area contributed by atoms with E-state index in [0.29, 0.717) is 22.8 Å². The summed E-state index contributed by atoms with van der Waals surface area (Å²) in [7, 11) is -2.00. The van der Waals surface area contributed by atoms with Crippen LogP contribution in [0.2, 0.25) is 0 Å². The molecule has 0 bridgehead atoms. The van der Waals surface area contributed by atoms with Crippen LogP contribution in [0.25, 0.3) is 0 Å². The second kappa shape index (κ2) is 8.39. The zero-order chi connectivity index (χ0) is 18.0. The Hall–Kier alpha value is -1.60. The number of sulfonamides is 1. The number of methoxy groups -OCH3 is 1. The highest BCUT2D eigenvalue weighted by Gasteiger charge is 2.24. The zero-order valence-electron chi connectivity index (χ0n) is 15.2. The van der Waals surface area contributed by atoms with Gasteiger partial charge in [0.2, 0.25) is 10.0 Å². The van der Waals surface area contributed by atoms with Crippen molar-refractivity contribution in [3.8, 4) is 5.75 Å². The summed E-state index contributed by atoms with van der Waals surface area (Å²) in [6, 6.07) is 11.5. The molecule has 7 heteroatoms. The van der Waals surface area contributed by atoms with Gasteiger partial charge in [-0.25, -0.2) is 13.1 Å². The molecule has 3 rings (SSSR count). The van der Waals surface area contributed by atoms with E-state index < -0.39 is 10.0 Å². The molecule has 0 amide bonds. The van der Waals surface area contributed by atoms with E-state index in [2.05, 4.69) is 22.2 Å². The van der Waals surface area contributed by atoms with E-state index in [-0.39, 0.29) is 18.4 Å². The van der Waals surface area contributed by atoms with E-state index in [1.54, 1.807) is 26.2 Å². The lowest BCUT2D eigenvalue weighted by Gasteiger charge is -2.27. The van der Waals surface area contributed by atoms with Crippen LogP contribution in [0.15, 0.2) is 41.3 Å².